The van der Waals surface area contributed by atoms with Crippen molar-refractivity contribution in [1.82, 2.24) is 5.32 Å². The third-order valence-electron chi connectivity index (χ3n) is 4.10. The molecule has 1 heterocycles. The van der Waals surface area contributed by atoms with E-state index in [2.05, 4.69) is 36.5 Å². The van der Waals surface area contributed by atoms with Crippen molar-refractivity contribution in [2.45, 2.75) is 30.7 Å². The smallest absolute Gasteiger partial charge is 0.126 e. The van der Waals surface area contributed by atoms with Crippen molar-refractivity contribution in [3.05, 3.63) is 65.0 Å². The molecule has 3 rings (SSSR count). The maximum atomic E-state index is 13.5. The molecule has 0 amide bonds. The number of rotatable bonds is 4. The van der Waals surface area contributed by atoms with E-state index in [1.807, 2.05) is 30.8 Å². The summed E-state index contributed by atoms with van der Waals surface area (Å²) in [6.07, 6.45) is 0. The average molecular weight is 301 g/mol. The Balaban J connectivity index is 1.97. The average Bonchev–Trinajstić information content (AvgIpc) is 2.92. The minimum absolute atomic E-state index is 0.129. The lowest BCUT2D eigenvalue weighted by Gasteiger charge is -2.25. The van der Waals surface area contributed by atoms with Gasteiger partial charge in [-0.2, -0.15) is 0 Å². The molecular weight excluding hydrogens is 281 g/mol. The van der Waals surface area contributed by atoms with Crippen molar-refractivity contribution < 1.29 is 4.39 Å². The Morgan fingerprint density at radius 2 is 2.10 bits per heavy atom. The molecule has 0 aliphatic carbocycles. The summed E-state index contributed by atoms with van der Waals surface area (Å²) in [7, 11) is 0. The number of benzene rings is 2. The van der Waals surface area contributed by atoms with Crippen LogP contribution in [0.15, 0.2) is 47.4 Å². The molecule has 2 aromatic carbocycles. The molecule has 1 aliphatic heterocycles. The summed E-state index contributed by atoms with van der Waals surface area (Å²) in [5.41, 5.74) is 3.31. The largest absolute Gasteiger partial charge is 0.310 e. The van der Waals surface area contributed by atoms with Crippen LogP contribution in [0.3, 0.4) is 0 Å². The van der Waals surface area contributed by atoms with E-state index in [9.17, 15) is 4.39 Å². The van der Waals surface area contributed by atoms with Gasteiger partial charge >= 0.3 is 0 Å². The van der Waals surface area contributed by atoms with E-state index in [0.717, 1.165) is 12.3 Å². The first-order valence-electron chi connectivity index (χ1n) is 7.42. The molecule has 1 N–H and O–H groups in total. The Labute approximate surface area is 130 Å². The first-order chi connectivity index (χ1) is 10.2. The van der Waals surface area contributed by atoms with Crippen molar-refractivity contribution in [1.29, 1.82) is 0 Å². The van der Waals surface area contributed by atoms with Crippen LogP contribution in [0.1, 0.15) is 35.6 Å². The number of hydrogen-bond donors (Lipinski definition) is 1. The van der Waals surface area contributed by atoms with Crippen LogP contribution in [-0.4, -0.2) is 12.3 Å². The minimum atomic E-state index is -0.129. The Kier molecular flexibility index (Phi) is 4.32. The van der Waals surface area contributed by atoms with Gasteiger partial charge in [0.15, 0.2) is 0 Å². The molecule has 3 heteroatoms. The van der Waals surface area contributed by atoms with Gasteiger partial charge in [0.1, 0.15) is 5.82 Å². The highest BCUT2D eigenvalue weighted by Gasteiger charge is 2.30. The highest BCUT2D eigenvalue weighted by atomic mass is 32.2. The molecule has 0 aromatic heterocycles. The summed E-state index contributed by atoms with van der Waals surface area (Å²) >= 11 is 1.92. The second-order valence-corrected chi connectivity index (χ2v) is 6.56. The lowest BCUT2D eigenvalue weighted by Crippen LogP contribution is -2.27. The number of likely N-dealkylation sites (N-methyl/N-ethyl adjacent to an activating group) is 1. The fourth-order valence-corrected chi connectivity index (χ4v) is 4.33. The van der Waals surface area contributed by atoms with Gasteiger partial charge in [0.2, 0.25) is 0 Å². The number of halogens is 1. The third kappa shape index (κ3) is 2.85. The number of nitrogens with one attached hydrogen (secondary N) is 1. The molecule has 2 atom stereocenters. The predicted molar refractivity (Wildman–Crippen MR) is 87.5 cm³/mol. The van der Waals surface area contributed by atoms with E-state index in [1.165, 1.54) is 16.0 Å². The molecule has 110 valence electrons. The fourth-order valence-electron chi connectivity index (χ4n) is 3.04. The van der Waals surface area contributed by atoms with Gasteiger partial charge in [-0.1, -0.05) is 37.3 Å². The molecule has 0 bridgehead atoms. The molecule has 2 unspecified atom stereocenters. The monoisotopic (exact) mass is 301 g/mol. The zero-order valence-electron chi connectivity index (χ0n) is 12.4. The SMILES string of the molecule is CCNC(c1ccc(F)c(C)c1)C1CSc2ccccc21. The summed E-state index contributed by atoms with van der Waals surface area (Å²) in [4.78, 5) is 1.38. The lowest BCUT2D eigenvalue weighted by molar-refractivity contribution is 0.483. The van der Waals surface area contributed by atoms with Crippen molar-refractivity contribution >= 4 is 11.8 Å². The second-order valence-electron chi connectivity index (χ2n) is 5.50. The van der Waals surface area contributed by atoms with E-state index in [1.54, 1.807) is 6.07 Å². The summed E-state index contributed by atoms with van der Waals surface area (Å²) in [6, 6.07) is 14.3. The second kappa shape index (κ2) is 6.20. The molecule has 1 aliphatic rings. The lowest BCUT2D eigenvalue weighted by atomic mass is 9.88. The molecule has 0 saturated carbocycles. The third-order valence-corrected chi connectivity index (χ3v) is 5.31. The van der Waals surface area contributed by atoms with Gasteiger partial charge in [-0.15, -0.1) is 11.8 Å². The van der Waals surface area contributed by atoms with E-state index < -0.39 is 0 Å². The van der Waals surface area contributed by atoms with Crippen LogP contribution in [0.25, 0.3) is 0 Å². The zero-order chi connectivity index (χ0) is 14.8. The van der Waals surface area contributed by atoms with Crippen LogP contribution >= 0.6 is 11.8 Å². The Bertz CT molecular complexity index is 641. The van der Waals surface area contributed by atoms with E-state index in [4.69, 9.17) is 0 Å². The minimum Gasteiger partial charge on any atom is -0.310 e. The number of hydrogen-bond acceptors (Lipinski definition) is 2. The van der Waals surface area contributed by atoms with Crippen molar-refractivity contribution in [2.75, 3.05) is 12.3 Å². The van der Waals surface area contributed by atoms with Crippen molar-refractivity contribution in [3.8, 4) is 0 Å². The molecule has 21 heavy (non-hydrogen) atoms. The highest BCUT2D eigenvalue weighted by Crippen LogP contribution is 2.45. The molecule has 0 fully saturated rings. The van der Waals surface area contributed by atoms with Gasteiger partial charge in [-0.05, 0) is 42.3 Å². The molecule has 0 saturated heterocycles. The summed E-state index contributed by atoms with van der Waals surface area (Å²) < 4.78 is 13.5. The van der Waals surface area contributed by atoms with Crippen LogP contribution in [0.4, 0.5) is 4.39 Å². The number of fused-ring (bicyclic) bond motifs is 1. The summed E-state index contributed by atoms with van der Waals surface area (Å²) in [5, 5.41) is 3.59. The van der Waals surface area contributed by atoms with E-state index in [0.29, 0.717) is 11.5 Å². The Morgan fingerprint density at radius 3 is 2.86 bits per heavy atom. The fraction of sp³-hybridized carbons (Fsp3) is 0.333. The summed E-state index contributed by atoms with van der Waals surface area (Å²) in [6.45, 7) is 4.86. The van der Waals surface area contributed by atoms with Gasteiger partial charge < -0.3 is 5.32 Å². The molecular formula is C18H20FNS. The van der Waals surface area contributed by atoms with E-state index >= 15 is 0 Å². The maximum Gasteiger partial charge on any atom is 0.126 e. The number of thioether (sulfide) groups is 1. The molecule has 0 radical (unpaired) electrons. The zero-order valence-corrected chi connectivity index (χ0v) is 13.2. The number of aryl methyl sites for hydroxylation is 1. The normalized spacial score (nSPS) is 18.5. The maximum absolute atomic E-state index is 13.5. The molecule has 0 spiro atoms. The first kappa shape index (κ1) is 14.6. The van der Waals surface area contributed by atoms with Crippen molar-refractivity contribution in [2.24, 2.45) is 0 Å². The van der Waals surface area contributed by atoms with Gasteiger partial charge in [0.25, 0.3) is 0 Å². The first-order valence-corrected chi connectivity index (χ1v) is 8.40. The Hall–Kier alpha value is -1.32. The predicted octanol–water partition coefficient (Wildman–Crippen LogP) is 4.67. The van der Waals surface area contributed by atoms with Crippen LogP contribution < -0.4 is 5.32 Å². The Morgan fingerprint density at radius 1 is 1.29 bits per heavy atom. The standard InChI is InChI=1S/C18H20FNS/c1-3-20-18(13-8-9-16(19)12(2)10-13)15-11-21-17-7-5-4-6-14(15)17/h4-10,15,18,20H,3,11H2,1-2H3. The van der Waals surface area contributed by atoms with Crippen LogP contribution in [0, 0.1) is 12.7 Å². The van der Waals surface area contributed by atoms with Gasteiger partial charge in [0.05, 0.1) is 0 Å². The van der Waals surface area contributed by atoms with E-state index in [-0.39, 0.29) is 11.9 Å². The van der Waals surface area contributed by atoms with Crippen LogP contribution in [0.2, 0.25) is 0 Å². The van der Waals surface area contributed by atoms with Crippen LogP contribution in [-0.2, 0) is 0 Å². The van der Waals surface area contributed by atoms with Crippen LogP contribution in [0.5, 0.6) is 0 Å². The molecule has 2 aromatic rings. The van der Waals surface area contributed by atoms with Gasteiger partial charge in [-0.25, -0.2) is 4.39 Å². The van der Waals surface area contributed by atoms with Crippen molar-refractivity contribution in [3.63, 3.8) is 0 Å². The highest BCUT2D eigenvalue weighted by molar-refractivity contribution is 7.99. The quantitative estimate of drug-likeness (QED) is 0.880. The summed E-state index contributed by atoms with van der Waals surface area (Å²) in [5.74, 6) is 1.39. The molecule has 1 nitrogen and oxygen atoms in total. The topological polar surface area (TPSA) is 12.0 Å². The van der Waals surface area contributed by atoms with Gasteiger partial charge in [0, 0.05) is 22.6 Å². The van der Waals surface area contributed by atoms with Gasteiger partial charge in [-0.3, -0.25) is 0 Å².